The van der Waals surface area contributed by atoms with E-state index < -0.39 is 0 Å². The third kappa shape index (κ3) is 6.15. The lowest BCUT2D eigenvalue weighted by Gasteiger charge is -2.14. The Bertz CT molecular complexity index is 992. The number of amides is 1. The van der Waals surface area contributed by atoms with Crippen LogP contribution < -0.4 is 19.5 Å². The van der Waals surface area contributed by atoms with Gasteiger partial charge >= 0.3 is 0 Å². The number of hydrogen-bond acceptors (Lipinski definition) is 6. The lowest BCUT2D eigenvalue weighted by molar-refractivity contribution is -0.115. The minimum Gasteiger partial charge on any atom is -0.493 e. The van der Waals surface area contributed by atoms with Crippen molar-refractivity contribution in [2.24, 2.45) is 0 Å². The highest BCUT2D eigenvalue weighted by atomic mass is 35.5. The van der Waals surface area contributed by atoms with Gasteiger partial charge in [-0.25, -0.2) is 0 Å². The molecule has 2 aromatic rings. The molecular formula is C23H24ClNO4S2. The van der Waals surface area contributed by atoms with E-state index in [1.54, 1.807) is 18.2 Å². The molecule has 1 fully saturated rings. The van der Waals surface area contributed by atoms with Gasteiger partial charge in [-0.05, 0) is 53.8 Å². The van der Waals surface area contributed by atoms with Crippen molar-refractivity contribution in [3.8, 4) is 17.2 Å². The summed E-state index contributed by atoms with van der Waals surface area (Å²) in [6, 6.07) is 11.6. The monoisotopic (exact) mass is 477 g/mol. The molecule has 0 bridgehead atoms. The van der Waals surface area contributed by atoms with Crippen molar-refractivity contribution in [1.29, 1.82) is 0 Å². The molecule has 0 saturated carbocycles. The van der Waals surface area contributed by atoms with Crippen LogP contribution in [0.4, 0.5) is 0 Å². The van der Waals surface area contributed by atoms with Crippen LogP contribution in [0.3, 0.4) is 0 Å². The minimum absolute atomic E-state index is 0.222. The van der Waals surface area contributed by atoms with Gasteiger partial charge in [0.05, 0.1) is 17.0 Å². The molecule has 0 spiro atoms. The molecule has 5 nitrogen and oxygen atoms in total. The second-order valence-corrected chi connectivity index (χ2v) is 9.09. The number of methoxy groups -OCH3 is 1. The number of nitrogens with one attached hydrogen (secondary N) is 1. The van der Waals surface area contributed by atoms with Gasteiger partial charge in [-0.2, -0.15) is 0 Å². The number of benzene rings is 2. The van der Waals surface area contributed by atoms with E-state index in [0.717, 1.165) is 12.2 Å². The first-order valence-corrected chi connectivity index (χ1v) is 11.5. The van der Waals surface area contributed by atoms with Gasteiger partial charge in [0.15, 0.2) is 11.5 Å². The van der Waals surface area contributed by atoms with Crippen LogP contribution in [0.1, 0.15) is 37.3 Å². The molecule has 8 heteroatoms. The van der Waals surface area contributed by atoms with Crippen molar-refractivity contribution in [2.45, 2.75) is 26.2 Å². The van der Waals surface area contributed by atoms with Gasteiger partial charge in [0.1, 0.15) is 23.3 Å². The second kappa shape index (κ2) is 10.9. The Labute approximate surface area is 197 Å². The molecular weight excluding hydrogens is 454 g/mol. The quantitative estimate of drug-likeness (QED) is 0.279. The standard InChI is InChI=1S/C23H24ClNO4S2/c1-4-14(2)16-5-7-17(8-6-16)28-9-10-29-21-18(24)11-15(12-19(21)27-3)13-20-22(26)25-23(30)31-20/h5-8,11-14H,4,9-10H2,1-3H3,(H,25,26,30)/b20-13+. The normalized spacial score (nSPS) is 15.7. The van der Waals surface area contributed by atoms with Crippen LogP contribution >= 0.6 is 35.6 Å². The largest absolute Gasteiger partial charge is 0.493 e. The van der Waals surface area contributed by atoms with Gasteiger partial charge in [-0.15, -0.1) is 0 Å². The van der Waals surface area contributed by atoms with Crippen molar-refractivity contribution < 1.29 is 19.0 Å². The first-order chi connectivity index (χ1) is 14.9. The molecule has 1 N–H and O–H groups in total. The summed E-state index contributed by atoms with van der Waals surface area (Å²) in [6.45, 7) is 5.05. The second-order valence-electron chi connectivity index (χ2n) is 6.96. The highest BCUT2D eigenvalue weighted by Crippen LogP contribution is 2.38. The van der Waals surface area contributed by atoms with Crippen molar-refractivity contribution in [2.75, 3.05) is 20.3 Å². The van der Waals surface area contributed by atoms with E-state index in [9.17, 15) is 4.79 Å². The van der Waals surface area contributed by atoms with Gasteiger partial charge < -0.3 is 19.5 Å². The molecule has 164 valence electrons. The number of ether oxygens (including phenoxy) is 3. The zero-order chi connectivity index (χ0) is 22.4. The van der Waals surface area contributed by atoms with E-state index >= 15 is 0 Å². The summed E-state index contributed by atoms with van der Waals surface area (Å²) in [5.41, 5.74) is 2.02. The van der Waals surface area contributed by atoms with Gasteiger partial charge in [0, 0.05) is 0 Å². The SMILES string of the molecule is CCC(C)c1ccc(OCCOc2c(Cl)cc(/C=C3/SC(=S)NC3=O)cc2OC)cc1. The van der Waals surface area contributed by atoms with Crippen LogP contribution in [-0.4, -0.2) is 30.6 Å². The molecule has 2 aromatic carbocycles. The molecule has 0 aliphatic carbocycles. The van der Waals surface area contributed by atoms with Gasteiger partial charge in [0.2, 0.25) is 0 Å². The maximum absolute atomic E-state index is 11.9. The number of rotatable bonds is 9. The van der Waals surface area contributed by atoms with Crippen molar-refractivity contribution in [1.82, 2.24) is 5.32 Å². The number of carbonyl (C=O) groups excluding carboxylic acids is 1. The average Bonchev–Trinajstić information content (AvgIpc) is 3.08. The minimum atomic E-state index is -0.222. The Morgan fingerprint density at radius 3 is 2.52 bits per heavy atom. The maximum Gasteiger partial charge on any atom is 0.263 e. The molecule has 31 heavy (non-hydrogen) atoms. The first kappa shape index (κ1) is 23.4. The fourth-order valence-corrected chi connectivity index (χ4v) is 4.29. The molecule has 1 heterocycles. The number of thioether (sulfide) groups is 1. The summed E-state index contributed by atoms with van der Waals surface area (Å²) in [5, 5.41) is 2.97. The number of halogens is 1. The van der Waals surface area contributed by atoms with Crippen LogP contribution in [0.15, 0.2) is 41.3 Å². The zero-order valence-electron chi connectivity index (χ0n) is 17.6. The van der Waals surface area contributed by atoms with Crippen LogP contribution in [-0.2, 0) is 4.79 Å². The number of thiocarbonyl (C=S) groups is 1. The number of carbonyl (C=O) groups is 1. The average molecular weight is 478 g/mol. The van der Waals surface area contributed by atoms with E-state index in [2.05, 4.69) is 31.3 Å². The summed E-state index contributed by atoms with van der Waals surface area (Å²) in [7, 11) is 1.54. The fourth-order valence-electron chi connectivity index (χ4n) is 2.97. The summed E-state index contributed by atoms with van der Waals surface area (Å²) in [5.74, 6) is 2.01. The predicted molar refractivity (Wildman–Crippen MR) is 130 cm³/mol. The molecule has 0 aromatic heterocycles. The van der Waals surface area contributed by atoms with E-state index in [4.69, 9.17) is 38.0 Å². The Hall–Kier alpha value is -2.22. The van der Waals surface area contributed by atoms with E-state index in [0.29, 0.717) is 50.4 Å². The summed E-state index contributed by atoms with van der Waals surface area (Å²) in [4.78, 5) is 12.4. The smallest absolute Gasteiger partial charge is 0.263 e. The van der Waals surface area contributed by atoms with Gasteiger partial charge in [-0.1, -0.05) is 61.6 Å². The fraction of sp³-hybridized carbons (Fsp3) is 0.304. The Kier molecular flexibility index (Phi) is 8.23. The Balaban J connectivity index is 1.60. The van der Waals surface area contributed by atoms with Crippen LogP contribution in [0.2, 0.25) is 5.02 Å². The lowest BCUT2D eigenvalue weighted by Crippen LogP contribution is -2.17. The molecule has 0 radical (unpaired) electrons. The molecule has 3 rings (SSSR count). The zero-order valence-corrected chi connectivity index (χ0v) is 20.0. The highest BCUT2D eigenvalue weighted by molar-refractivity contribution is 8.26. The third-order valence-electron chi connectivity index (χ3n) is 4.85. The summed E-state index contributed by atoms with van der Waals surface area (Å²) < 4.78 is 17.4. The third-order valence-corrected chi connectivity index (χ3v) is 6.29. The van der Waals surface area contributed by atoms with E-state index in [1.165, 1.54) is 24.4 Å². The number of hydrogen-bond donors (Lipinski definition) is 1. The molecule has 1 atom stereocenters. The molecule has 1 amide bonds. The summed E-state index contributed by atoms with van der Waals surface area (Å²) in [6.07, 6.45) is 2.82. The van der Waals surface area contributed by atoms with Crippen molar-refractivity contribution >= 4 is 51.9 Å². The highest BCUT2D eigenvalue weighted by Gasteiger charge is 2.22. The van der Waals surface area contributed by atoms with Crippen LogP contribution in [0, 0.1) is 0 Å². The molecule has 1 unspecified atom stereocenters. The molecule has 1 aliphatic heterocycles. The van der Waals surface area contributed by atoms with Crippen molar-refractivity contribution in [3.05, 3.63) is 57.5 Å². The first-order valence-electron chi connectivity index (χ1n) is 9.89. The van der Waals surface area contributed by atoms with Gasteiger partial charge in [0.25, 0.3) is 5.91 Å². The van der Waals surface area contributed by atoms with E-state index in [1.807, 2.05) is 12.1 Å². The van der Waals surface area contributed by atoms with Crippen LogP contribution in [0.5, 0.6) is 17.2 Å². The Morgan fingerprint density at radius 2 is 1.90 bits per heavy atom. The van der Waals surface area contributed by atoms with Crippen molar-refractivity contribution in [3.63, 3.8) is 0 Å². The Morgan fingerprint density at radius 1 is 1.19 bits per heavy atom. The van der Waals surface area contributed by atoms with Crippen LogP contribution in [0.25, 0.3) is 6.08 Å². The van der Waals surface area contributed by atoms with Gasteiger partial charge in [-0.3, -0.25) is 4.79 Å². The molecule has 1 aliphatic rings. The summed E-state index contributed by atoms with van der Waals surface area (Å²) >= 11 is 12.6. The topological polar surface area (TPSA) is 56.8 Å². The predicted octanol–water partition coefficient (Wildman–Crippen LogP) is 5.81. The lowest BCUT2D eigenvalue weighted by atomic mass is 9.99. The van der Waals surface area contributed by atoms with E-state index in [-0.39, 0.29) is 5.91 Å². The maximum atomic E-state index is 11.9. The molecule has 1 saturated heterocycles.